The van der Waals surface area contributed by atoms with Gasteiger partial charge in [0.15, 0.2) is 0 Å². The van der Waals surface area contributed by atoms with E-state index in [1.54, 1.807) is 24.1 Å². The van der Waals surface area contributed by atoms with Crippen LogP contribution in [0.3, 0.4) is 0 Å². The summed E-state index contributed by atoms with van der Waals surface area (Å²) in [7, 11) is -3.15. The molecule has 1 aliphatic rings. The summed E-state index contributed by atoms with van der Waals surface area (Å²) in [6, 6.07) is 16.9. The number of nitrogens with zero attached hydrogens (tertiary/aromatic N) is 3. The first-order valence-corrected chi connectivity index (χ1v) is 11.9. The Balaban J connectivity index is 1.60. The van der Waals surface area contributed by atoms with Crippen LogP contribution in [0.2, 0.25) is 0 Å². The van der Waals surface area contributed by atoms with Crippen LogP contribution in [0.4, 0.5) is 3.89 Å². The van der Waals surface area contributed by atoms with Crippen LogP contribution in [0.25, 0.3) is 11.3 Å². The second-order valence-electron chi connectivity index (χ2n) is 7.86. The van der Waals surface area contributed by atoms with Crippen LogP contribution >= 0.6 is 0 Å². The molecule has 3 aromatic rings. The largest absolute Gasteiger partial charge is 0.496 e. The highest BCUT2D eigenvalue weighted by Crippen LogP contribution is 2.31. The Morgan fingerprint density at radius 1 is 1.12 bits per heavy atom. The molecule has 1 aliphatic heterocycles. The first-order chi connectivity index (χ1) is 15.8. The predicted octanol–water partition coefficient (Wildman–Crippen LogP) is 3.02. The summed E-state index contributed by atoms with van der Waals surface area (Å²) >= 11 is 0. The van der Waals surface area contributed by atoms with Crippen molar-refractivity contribution in [2.75, 3.05) is 20.2 Å². The van der Waals surface area contributed by atoms with E-state index in [1.807, 2.05) is 48.5 Å². The number of aromatic nitrogens is 2. The van der Waals surface area contributed by atoms with Crippen molar-refractivity contribution < 1.29 is 21.8 Å². The lowest BCUT2D eigenvalue weighted by Crippen LogP contribution is -2.45. The molecule has 0 saturated carbocycles. The molecule has 0 bridgehead atoms. The number of halogens is 1. The molecule has 1 amide bonds. The quantitative estimate of drug-likeness (QED) is 0.534. The molecule has 0 radical (unpaired) electrons. The van der Waals surface area contributed by atoms with Crippen molar-refractivity contribution in [3.05, 3.63) is 71.9 Å². The highest BCUT2D eigenvalue weighted by molar-refractivity contribution is 7.83. The average molecular weight is 473 g/mol. The van der Waals surface area contributed by atoms with E-state index in [1.165, 1.54) is 0 Å². The molecule has 1 saturated heterocycles. The first-order valence-electron chi connectivity index (χ1n) is 10.6. The van der Waals surface area contributed by atoms with Crippen molar-refractivity contribution in [1.82, 2.24) is 19.4 Å². The number of ether oxygens (including phenoxy) is 1. The van der Waals surface area contributed by atoms with Gasteiger partial charge in [0.25, 0.3) is 5.91 Å². The second kappa shape index (κ2) is 9.72. The van der Waals surface area contributed by atoms with Gasteiger partial charge >= 0.3 is 10.4 Å². The van der Waals surface area contributed by atoms with Gasteiger partial charge in [-0.1, -0.05) is 46.4 Å². The van der Waals surface area contributed by atoms with E-state index in [2.05, 4.69) is 10.4 Å². The Kier molecular flexibility index (Phi) is 6.75. The fraction of sp³-hybridized carbons (Fsp3) is 0.304. The van der Waals surface area contributed by atoms with Crippen LogP contribution in [0.15, 0.2) is 60.8 Å². The molecule has 33 heavy (non-hydrogen) atoms. The Morgan fingerprint density at radius 2 is 1.79 bits per heavy atom. The molecule has 8 nitrogen and oxygen atoms in total. The molecule has 0 spiro atoms. The number of piperidine rings is 1. The van der Waals surface area contributed by atoms with Crippen LogP contribution in [-0.4, -0.2) is 54.7 Å². The fourth-order valence-corrected chi connectivity index (χ4v) is 4.61. The van der Waals surface area contributed by atoms with E-state index in [0.29, 0.717) is 42.0 Å². The van der Waals surface area contributed by atoms with Crippen molar-refractivity contribution >= 4 is 16.3 Å². The van der Waals surface area contributed by atoms with E-state index in [0.717, 1.165) is 9.87 Å². The molecule has 1 N–H and O–H groups in total. The maximum atomic E-state index is 13.2. The number of carbonyl (C=O) groups excluding carboxylic acids is 1. The summed E-state index contributed by atoms with van der Waals surface area (Å²) in [6.45, 7) is 0.538. The zero-order valence-electron chi connectivity index (χ0n) is 18.1. The first kappa shape index (κ1) is 22.9. The maximum absolute atomic E-state index is 13.2. The predicted molar refractivity (Wildman–Crippen MR) is 122 cm³/mol. The molecule has 1 fully saturated rings. The molecule has 0 unspecified atom stereocenters. The Morgan fingerprint density at radius 3 is 2.45 bits per heavy atom. The number of nitrogens with one attached hydrogen (secondary N) is 1. The van der Waals surface area contributed by atoms with Crippen LogP contribution < -0.4 is 10.1 Å². The molecule has 4 rings (SSSR count). The molecule has 0 aliphatic carbocycles. The highest BCUT2D eigenvalue weighted by atomic mass is 32.3. The molecular weight excluding hydrogens is 447 g/mol. The van der Waals surface area contributed by atoms with Gasteiger partial charge in [0.05, 0.1) is 19.2 Å². The van der Waals surface area contributed by atoms with Gasteiger partial charge in [-0.05, 0) is 30.5 Å². The van der Waals surface area contributed by atoms with Crippen LogP contribution in [0.1, 0.15) is 28.8 Å². The third kappa shape index (κ3) is 5.40. The van der Waals surface area contributed by atoms with Crippen molar-refractivity contribution in [2.45, 2.75) is 25.4 Å². The third-order valence-electron chi connectivity index (χ3n) is 5.65. The maximum Gasteiger partial charge on any atom is 0.374 e. The highest BCUT2D eigenvalue weighted by Gasteiger charge is 2.29. The number of benzene rings is 2. The van der Waals surface area contributed by atoms with Gasteiger partial charge < -0.3 is 10.1 Å². The number of hydrogen-bond acceptors (Lipinski definition) is 5. The number of rotatable bonds is 7. The zero-order valence-corrected chi connectivity index (χ0v) is 19.0. The topological polar surface area (TPSA) is 93.5 Å². The summed E-state index contributed by atoms with van der Waals surface area (Å²) in [5, 5.41) is 7.64. The van der Waals surface area contributed by atoms with Gasteiger partial charge in [-0.2, -0.15) is 17.8 Å². The number of para-hydroxylation sites is 1. The summed E-state index contributed by atoms with van der Waals surface area (Å²) in [5.41, 5.74) is 2.61. The summed E-state index contributed by atoms with van der Waals surface area (Å²) in [6.07, 6.45) is 2.36. The fourth-order valence-electron chi connectivity index (χ4n) is 3.96. The lowest BCUT2D eigenvalue weighted by molar-refractivity contribution is 0.0924. The number of hydrogen-bond donors (Lipinski definition) is 1. The van der Waals surface area contributed by atoms with E-state index >= 15 is 0 Å². The van der Waals surface area contributed by atoms with Crippen LogP contribution in [0, 0.1) is 0 Å². The van der Waals surface area contributed by atoms with Gasteiger partial charge in [0.2, 0.25) is 0 Å². The van der Waals surface area contributed by atoms with Crippen molar-refractivity contribution in [1.29, 1.82) is 0 Å². The standard InChI is InChI=1S/C23H25FN4O4S/c1-32-21-10-6-5-9-19(21)22-20(16-27(26-22)15-17-7-3-2-4-8-17)23(29)25-18-11-13-28(14-12-18)33(24,30)31/h2-10,16,18H,11-15H2,1H3,(H,25,29). The van der Waals surface area contributed by atoms with Crippen molar-refractivity contribution in [3.63, 3.8) is 0 Å². The lowest BCUT2D eigenvalue weighted by atomic mass is 10.0. The zero-order chi connectivity index (χ0) is 23.4. The summed E-state index contributed by atoms with van der Waals surface area (Å²) in [5.74, 6) is 0.273. The van der Waals surface area contributed by atoms with Crippen LogP contribution in [-0.2, 0) is 17.0 Å². The smallest absolute Gasteiger partial charge is 0.374 e. The molecule has 10 heteroatoms. The van der Waals surface area contributed by atoms with E-state index in [9.17, 15) is 17.1 Å². The Hall–Kier alpha value is -3.24. The minimum atomic E-state index is -4.71. The van der Waals surface area contributed by atoms with Gasteiger partial charge in [0, 0.05) is 30.9 Å². The average Bonchev–Trinajstić information content (AvgIpc) is 3.23. The minimum absolute atomic E-state index is 0.0242. The lowest BCUT2D eigenvalue weighted by Gasteiger charge is -2.29. The molecular formula is C23H25FN4O4S. The van der Waals surface area contributed by atoms with Crippen molar-refractivity contribution in [2.24, 2.45) is 0 Å². The van der Waals surface area contributed by atoms with E-state index in [-0.39, 0.29) is 25.0 Å². The monoisotopic (exact) mass is 472 g/mol. The summed E-state index contributed by atoms with van der Waals surface area (Å²) < 4.78 is 43.4. The Bertz CT molecular complexity index is 1220. The normalized spacial score (nSPS) is 15.3. The second-order valence-corrected chi connectivity index (χ2v) is 9.20. The number of carbonyl (C=O) groups is 1. The number of amides is 1. The van der Waals surface area contributed by atoms with Crippen molar-refractivity contribution in [3.8, 4) is 17.0 Å². The van der Waals surface area contributed by atoms with Crippen LogP contribution in [0.5, 0.6) is 5.75 Å². The third-order valence-corrected chi connectivity index (χ3v) is 6.64. The molecule has 174 valence electrons. The Labute approximate surface area is 192 Å². The minimum Gasteiger partial charge on any atom is -0.496 e. The molecule has 1 aromatic heterocycles. The molecule has 2 aromatic carbocycles. The molecule has 2 heterocycles. The van der Waals surface area contributed by atoms with Gasteiger partial charge in [-0.15, -0.1) is 0 Å². The van der Waals surface area contributed by atoms with E-state index in [4.69, 9.17) is 4.74 Å². The summed E-state index contributed by atoms with van der Waals surface area (Å²) in [4.78, 5) is 13.2. The van der Waals surface area contributed by atoms with E-state index < -0.39 is 10.4 Å². The SMILES string of the molecule is COc1ccccc1-c1nn(Cc2ccccc2)cc1C(=O)NC1CCN(S(=O)(=O)F)CC1. The van der Waals surface area contributed by atoms with Gasteiger partial charge in [-0.3, -0.25) is 9.48 Å². The van der Waals surface area contributed by atoms with Gasteiger partial charge in [0.1, 0.15) is 11.4 Å². The molecule has 0 atom stereocenters. The number of methoxy groups -OCH3 is 1. The van der Waals surface area contributed by atoms with Gasteiger partial charge in [-0.25, -0.2) is 0 Å².